The molecule has 0 saturated carbocycles. The Hall–Kier alpha value is -2.66. The lowest BCUT2D eigenvalue weighted by molar-refractivity contribution is 0.0688. The molecule has 0 unspecified atom stereocenters. The van der Waals surface area contributed by atoms with Crippen LogP contribution in [-0.2, 0) is 6.42 Å². The Kier molecular flexibility index (Phi) is 3.41. The molecule has 0 aliphatic heterocycles. The largest absolute Gasteiger partial charge is 0.476 e. The van der Waals surface area contributed by atoms with E-state index in [0.29, 0.717) is 5.56 Å². The molecule has 1 aromatic heterocycles. The highest BCUT2D eigenvalue weighted by Gasteiger charge is 2.16. The summed E-state index contributed by atoms with van der Waals surface area (Å²) in [5.41, 5.74) is 1.30. The van der Waals surface area contributed by atoms with Crippen LogP contribution in [0.4, 0.5) is 0 Å². The molecule has 2 aromatic carbocycles. The maximum atomic E-state index is 11.2. The number of aromatic carboxylic acids is 1. The van der Waals surface area contributed by atoms with Crippen molar-refractivity contribution in [2.45, 2.75) is 6.42 Å². The summed E-state index contributed by atoms with van der Waals surface area (Å²) >= 11 is 0. The summed E-state index contributed by atoms with van der Waals surface area (Å²) in [6.07, 6.45) is 1.93. The van der Waals surface area contributed by atoms with Crippen LogP contribution in [0.25, 0.3) is 16.5 Å². The highest BCUT2D eigenvalue weighted by molar-refractivity contribution is 5.87. The number of aliphatic hydroxyl groups excluding tert-OH is 1. The number of benzene rings is 2. The maximum Gasteiger partial charge on any atom is 0.356 e. The van der Waals surface area contributed by atoms with E-state index in [9.17, 15) is 4.79 Å². The maximum absolute atomic E-state index is 11.2. The summed E-state index contributed by atoms with van der Waals surface area (Å²) in [5.74, 6) is -1.09. The number of carboxylic acid groups (broad SMARTS) is 1. The van der Waals surface area contributed by atoms with E-state index < -0.39 is 5.97 Å². The monoisotopic (exact) mass is 282 g/mol. The van der Waals surface area contributed by atoms with Crippen LogP contribution in [0.2, 0.25) is 0 Å². The van der Waals surface area contributed by atoms with Gasteiger partial charge in [-0.1, -0.05) is 30.3 Å². The molecule has 21 heavy (non-hydrogen) atoms. The van der Waals surface area contributed by atoms with Gasteiger partial charge in [-0.3, -0.25) is 0 Å². The van der Waals surface area contributed by atoms with Gasteiger partial charge in [-0.25, -0.2) is 9.48 Å². The van der Waals surface area contributed by atoms with E-state index in [-0.39, 0.29) is 18.7 Å². The van der Waals surface area contributed by atoms with Crippen molar-refractivity contribution >= 4 is 16.7 Å². The zero-order valence-electron chi connectivity index (χ0n) is 11.2. The van der Waals surface area contributed by atoms with Gasteiger partial charge < -0.3 is 10.2 Å². The molecule has 0 atom stereocenters. The quantitative estimate of drug-likeness (QED) is 0.769. The molecule has 0 bridgehead atoms. The van der Waals surface area contributed by atoms with Crippen molar-refractivity contribution in [1.29, 1.82) is 0 Å². The second kappa shape index (κ2) is 5.38. The normalized spacial score (nSPS) is 10.9. The topological polar surface area (TPSA) is 75.3 Å². The minimum atomic E-state index is -1.09. The van der Waals surface area contributed by atoms with E-state index >= 15 is 0 Å². The molecule has 3 rings (SSSR count). The smallest absolute Gasteiger partial charge is 0.356 e. The highest BCUT2D eigenvalue weighted by Crippen LogP contribution is 2.19. The average Bonchev–Trinajstić information content (AvgIpc) is 2.91. The van der Waals surface area contributed by atoms with Crippen molar-refractivity contribution in [1.82, 2.24) is 9.78 Å². The van der Waals surface area contributed by atoms with Gasteiger partial charge in [-0.2, -0.15) is 5.10 Å². The standard InChI is InChI=1S/C16H14N2O3/c19-8-7-13-10-18(17-15(13)16(20)21)14-6-5-11-3-1-2-4-12(11)9-14/h1-6,9-10,19H,7-8H2,(H,20,21). The van der Waals surface area contributed by atoms with Crippen molar-refractivity contribution in [2.75, 3.05) is 6.61 Å². The summed E-state index contributed by atoms with van der Waals surface area (Å²) in [7, 11) is 0. The predicted octanol–water partition coefficient (Wildman–Crippen LogP) is 2.26. The third kappa shape index (κ3) is 2.51. The molecule has 0 fully saturated rings. The molecule has 0 radical (unpaired) electrons. The van der Waals surface area contributed by atoms with Gasteiger partial charge in [0.2, 0.25) is 0 Å². The van der Waals surface area contributed by atoms with Crippen molar-refractivity contribution in [3.63, 3.8) is 0 Å². The zero-order valence-corrected chi connectivity index (χ0v) is 11.2. The lowest BCUT2D eigenvalue weighted by atomic mass is 10.1. The van der Waals surface area contributed by atoms with Gasteiger partial charge in [-0.05, 0) is 29.3 Å². The summed E-state index contributed by atoms with van der Waals surface area (Å²) in [6, 6.07) is 13.8. The Bertz CT molecular complexity index is 808. The van der Waals surface area contributed by atoms with E-state index in [1.165, 1.54) is 0 Å². The van der Waals surface area contributed by atoms with Crippen molar-refractivity contribution in [3.8, 4) is 5.69 Å². The Morgan fingerprint density at radius 3 is 2.62 bits per heavy atom. The molecule has 0 saturated heterocycles. The number of carbonyl (C=O) groups is 1. The molecular formula is C16H14N2O3. The van der Waals surface area contributed by atoms with Gasteiger partial charge in [0.15, 0.2) is 5.69 Å². The predicted molar refractivity (Wildman–Crippen MR) is 78.8 cm³/mol. The van der Waals surface area contributed by atoms with Crippen LogP contribution in [0.3, 0.4) is 0 Å². The number of nitrogens with zero attached hydrogens (tertiary/aromatic N) is 2. The third-order valence-corrected chi connectivity index (χ3v) is 3.37. The fourth-order valence-electron chi connectivity index (χ4n) is 2.34. The van der Waals surface area contributed by atoms with Crippen LogP contribution >= 0.6 is 0 Å². The van der Waals surface area contributed by atoms with E-state index in [4.69, 9.17) is 10.2 Å². The summed E-state index contributed by atoms with van der Waals surface area (Å²) in [4.78, 5) is 11.2. The Balaban J connectivity index is 2.09. The number of aliphatic hydroxyl groups is 1. The molecule has 5 heteroatoms. The van der Waals surface area contributed by atoms with Crippen molar-refractivity contribution in [2.24, 2.45) is 0 Å². The molecule has 5 nitrogen and oxygen atoms in total. The molecule has 0 amide bonds. The molecule has 0 spiro atoms. The molecule has 1 heterocycles. The first-order valence-corrected chi connectivity index (χ1v) is 6.61. The zero-order chi connectivity index (χ0) is 14.8. The van der Waals surface area contributed by atoms with Crippen LogP contribution < -0.4 is 0 Å². The number of hydrogen-bond donors (Lipinski definition) is 2. The van der Waals surface area contributed by atoms with E-state index in [1.54, 1.807) is 10.9 Å². The van der Waals surface area contributed by atoms with Crippen LogP contribution in [0.15, 0.2) is 48.7 Å². The van der Waals surface area contributed by atoms with Crippen molar-refractivity contribution < 1.29 is 15.0 Å². The van der Waals surface area contributed by atoms with Gasteiger partial charge >= 0.3 is 5.97 Å². The number of rotatable bonds is 4. The summed E-state index contributed by atoms with van der Waals surface area (Å²) in [6.45, 7) is -0.107. The lowest BCUT2D eigenvalue weighted by Crippen LogP contribution is -2.03. The lowest BCUT2D eigenvalue weighted by Gasteiger charge is -2.03. The summed E-state index contributed by atoms with van der Waals surface area (Å²) < 4.78 is 1.54. The molecule has 106 valence electrons. The number of fused-ring (bicyclic) bond motifs is 1. The first-order chi connectivity index (χ1) is 10.2. The molecule has 0 aliphatic rings. The van der Waals surface area contributed by atoms with Crippen LogP contribution in [-0.4, -0.2) is 32.6 Å². The van der Waals surface area contributed by atoms with Crippen LogP contribution in [0.1, 0.15) is 16.1 Å². The van der Waals surface area contributed by atoms with Gasteiger partial charge in [0, 0.05) is 18.4 Å². The highest BCUT2D eigenvalue weighted by atomic mass is 16.4. The van der Waals surface area contributed by atoms with Crippen LogP contribution in [0, 0.1) is 0 Å². The third-order valence-electron chi connectivity index (χ3n) is 3.37. The Morgan fingerprint density at radius 2 is 1.90 bits per heavy atom. The van der Waals surface area contributed by atoms with Crippen molar-refractivity contribution in [3.05, 3.63) is 59.9 Å². The van der Waals surface area contributed by atoms with E-state index in [0.717, 1.165) is 16.5 Å². The molecule has 2 N–H and O–H groups in total. The molecule has 3 aromatic rings. The first-order valence-electron chi connectivity index (χ1n) is 6.61. The van der Waals surface area contributed by atoms with E-state index in [1.807, 2.05) is 42.5 Å². The summed E-state index contributed by atoms with van der Waals surface area (Å²) in [5, 5.41) is 24.5. The molecular weight excluding hydrogens is 268 g/mol. The van der Waals surface area contributed by atoms with Crippen LogP contribution in [0.5, 0.6) is 0 Å². The Morgan fingerprint density at radius 1 is 1.14 bits per heavy atom. The number of hydrogen-bond acceptors (Lipinski definition) is 3. The second-order valence-corrected chi connectivity index (χ2v) is 4.76. The second-order valence-electron chi connectivity index (χ2n) is 4.76. The number of aromatic nitrogens is 2. The fraction of sp³-hybridized carbons (Fsp3) is 0.125. The van der Waals surface area contributed by atoms with E-state index in [2.05, 4.69) is 5.10 Å². The van der Waals surface area contributed by atoms with Gasteiger partial charge in [0.05, 0.1) is 5.69 Å². The first kappa shape index (κ1) is 13.3. The van der Waals surface area contributed by atoms with Gasteiger partial charge in [0.25, 0.3) is 0 Å². The average molecular weight is 282 g/mol. The Labute approximate surface area is 121 Å². The molecule has 0 aliphatic carbocycles. The SMILES string of the molecule is O=C(O)c1nn(-c2ccc3ccccc3c2)cc1CCO. The van der Waals surface area contributed by atoms with Gasteiger partial charge in [-0.15, -0.1) is 0 Å². The fourth-order valence-corrected chi connectivity index (χ4v) is 2.34. The number of carboxylic acids is 1. The minimum absolute atomic E-state index is 0.0165. The van der Waals surface area contributed by atoms with Gasteiger partial charge in [0.1, 0.15) is 0 Å². The minimum Gasteiger partial charge on any atom is -0.476 e.